The third kappa shape index (κ3) is 3.42. The number of hydrogen-bond donors (Lipinski definition) is 4. The highest BCUT2D eigenvalue weighted by atomic mass is 32.1. The van der Waals surface area contributed by atoms with Gasteiger partial charge in [-0.2, -0.15) is 5.10 Å². The van der Waals surface area contributed by atoms with Crippen LogP contribution in [0, 0.1) is 5.92 Å². The molecule has 2 aromatic heterocycles. The number of carbonyl (C=O) groups is 3. The summed E-state index contributed by atoms with van der Waals surface area (Å²) in [5, 5.41) is 21.7. The van der Waals surface area contributed by atoms with E-state index in [-0.39, 0.29) is 28.1 Å². The molecule has 3 aromatic rings. The van der Waals surface area contributed by atoms with Gasteiger partial charge in [-0.1, -0.05) is 26.0 Å². The molecule has 2 amide bonds. The molecule has 2 heterocycles. The van der Waals surface area contributed by atoms with Gasteiger partial charge in [0.2, 0.25) is 5.91 Å². The standard InChI is InChI=1S/C17H16N4O4S/c1-8(2)14(22)18-11-6-4-3-5-9(11)15(23)19-13-10-7-12(17(24)25)26-16(10)21-20-13/h3-8H,1-2H3,(H,18,22)(H,24,25)(H2,19,20,21,23). The lowest BCUT2D eigenvalue weighted by atomic mass is 10.1. The lowest BCUT2D eigenvalue weighted by molar-refractivity contribution is -0.118. The van der Waals surface area contributed by atoms with E-state index in [9.17, 15) is 14.4 Å². The molecule has 0 spiro atoms. The van der Waals surface area contributed by atoms with Crippen LogP contribution in [-0.4, -0.2) is 33.1 Å². The first-order chi connectivity index (χ1) is 12.4. The lowest BCUT2D eigenvalue weighted by Crippen LogP contribution is -2.21. The number of carboxylic acids is 1. The van der Waals surface area contributed by atoms with Gasteiger partial charge in [-0.25, -0.2) is 4.79 Å². The van der Waals surface area contributed by atoms with Crippen LogP contribution in [0.5, 0.6) is 0 Å². The number of carboxylic acid groups (broad SMARTS) is 1. The summed E-state index contributed by atoms with van der Waals surface area (Å²) < 4.78 is 0. The van der Waals surface area contributed by atoms with Gasteiger partial charge in [-0.15, -0.1) is 11.3 Å². The van der Waals surface area contributed by atoms with Gasteiger partial charge in [-0.3, -0.25) is 14.7 Å². The number of benzene rings is 1. The van der Waals surface area contributed by atoms with Crippen molar-refractivity contribution in [2.75, 3.05) is 10.6 Å². The van der Waals surface area contributed by atoms with Crippen LogP contribution >= 0.6 is 11.3 Å². The molecule has 0 saturated carbocycles. The highest BCUT2D eigenvalue weighted by Gasteiger charge is 2.19. The Labute approximate surface area is 152 Å². The van der Waals surface area contributed by atoms with E-state index >= 15 is 0 Å². The van der Waals surface area contributed by atoms with Gasteiger partial charge >= 0.3 is 5.97 Å². The average Bonchev–Trinajstić information content (AvgIpc) is 3.17. The fraction of sp³-hybridized carbons (Fsp3) is 0.176. The van der Waals surface area contributed by atoms with E-state index in [1.165, 1.54) is 6.07 Å². The number of aromatic amines is 1. The second-order valence-corrected chi connectivity index (χ2v) is 6.93. The molecule has 134 valence electrons. The summed E-state index contributed by atoms with van der Waals surface area (Å²) in [6, 6.07) is 8.09. The molecule has 0 unspecified atom stereocenters. The first kappa shape index (κ1) is 17.6. The molecule has 0 fully saturated rings. The zero-order valence-electron chi connectivity index (χ0n) is 14.0. The van der Waals surface area contributed by atoms with E-state index in [1.807, 2.05) is 0 Å². The highest BCUT2D eigenvalue weighted by Crippen LogP contribution is 2.29. The average molecular weight is 372 g/mol. The number of hydrogen-bond acceptors (Lipinski definition) is 5. The minimum atomic E-state index is -1.04. The van der Waals surface area contributed by atoms with E-state index in [2.05, 4.69) is 20.8 Å². The summed E-state index contributed by atoms with van der Waals surface area (Å²) in [6.07, 6.45) is 0. The molecule has 9 heteroatoms. The number of para-hydroxylation sites is 1. The molecule has 8 nitrogen and oxygen atoms in total. The summed E-state index contributed by atoms with van der Waals surface area (Å²) in [6.45, 7) is 3.52. The number of thiophene rings is 1. The number of nitrogens with zero attached hydrogens (tertiary/aromatic N) is 1. The quantitative estimate of drug-likeness (QED) is 0.547. The van der Waals surface area contributed by atoms with Gasteiger partial charge in [0.05, 0.1) is 16.6 Å². The predicted octanol–water partition coefficient (Wildman–Crippen LogP) is 3.17. The van der Waals surface area contributed by atoms with Crippen LogP contribution in [0.15, 0.2) is 30.3 Å². The highest BCUT2D eigenvalue weighted by molar-refractivity contribution is 7.20. The van der Waals surface area contributed by atoms with Crippen molar-refractivity contribution in [1.29, 1.82) is 0 Å². The van der Waals surface area contributed by atoms with Crippen LogP contribution in [0.4, 0.5) is 11.5 Å². The summed E-state index contributed by atoms with van der Waals surface area (Å²) in [7, 11) is 0. The Bertz CT molecular complexity index is 1010. The number of rotatable bonds is 5. The number of amides is 2. The SMILES string of the molecule is CC(C)C(=O)Nc1ccccc1C(=O)Nc1n[nH]c2sc(C(=O)O)cc12. The Balaban J connectivity index is 1.87. The topological polar surface area (TPSA) is 124 Å². The molecule has 0 aliphatic carbocycles. The fourth-order valence-corrected chi connectivity index (χ4v) is 3.10. The van der Waals surface area contributed by atoms with Crippen molar-refractivity contribution in [2.45, 2.75) is 13.8 Å². The molecular formula is C17H16N4O4S. The molecule has 26 heavy (non-hydrogen) atoms. The van der Waals surface area contributed by atoms with Crippen LogP contribution in [0.25, 0.3) is 10.2 Å². The lowest BCUT2D eigenvalue weighted by Gasteiger charge is -2.12. The summed E-state index contributed by atoms with van der Waals surface area (Å²) in [5.74, 6) is -1.69. The van der Waals surface area contributed by atoms with Crippen molar-refractivity contribution in [2.24, 2.45) is 5.92 Å². The van der Waals surface area contributed by atoms with Crippen molar-refractivity contribution in [3.8, 4) is 0 Å². The van der Waals surface area contributed by atoms with Gasteiger partial charge in [0.1, 0.15) is 9.71 Å². The summed E-state index contributed by atoms with van der Waals surface area (Å²) >= 11 is 1.04. The second kappa shape index (κ2) is 6.96. The fourth-order valence-electron chi connectivity index (χ4n) is 2.26. The Morgan fingerprint density at radius 2 is 1.92 bits per heavy atom. The first-order valence-electron chi connectivity index (χ1n) is 7.79. The Morgan fingerprint density at radius 1 is 1.19 bits per heavy atom. The van der Waals surface area contributed by atoms with Crippen LogP contribution < -0.4 is 10.6 Å². The minimum absolute atomic E-state index is 0.147. The number of anilines is 2. The maximum absolute atomic E-state index is 12.6. The second-order valence-electron chi connectivity index (χ2n) is 5.87. The molecule has 0 bridgehead atoms. The van der Waals surface area contributed by atoms with Crippen molar-refractivity contribution in [3.63, 3.8) is 0 Å². The third-order valence-electron chi connectivity index (χ3n) is 3.65. The van der Waals surface area contributed by atoms with Gasteiger partial charge in [-0.05, 0) is 18.2 Å². The maximum atomic E-state index is 12.6. The van der Waals surface area contributed by atoms with Gasteiger partial charge in [0.15, 0.2) is 5.82 Å². The van der Waals surface area contributed by atoms with Crippen LogP contribution in [-0.2, 0) is 4.79 Å². The smallest absolute Gasteiger partial charge is 0.345 e. The van der Waals surface area contributed by atoms with Crippen LogP contribution in [0.1, 0.15) is 33.9 Å². The van der Waals surface area contributed by atoms with Gasteiger partial charge in [0.25, 0.3) is 5.91 Å². The van der Waals surface area contributed by atoms with E-state index in [0.29, 0.717) is 15.9 Å². The van der Waals surface area contributed by atoms with Crippen molar-refractivity contribution < 1.29 is 19.5 Å². The monoisotopic (exact) mass is 372 g/mol. The summed E-state index contributed by atoms with van der Waals surface area (Å²) in [5.41, 5.74) is 0.679. The zero-order valence-corrected chi connectivity index (χ0v) is 14.8. The maximum Gasteiger partial charge on any atom is 0.345 e. The van der Waals surface area contributed by atoms with Gasteiger partial charge < -0.3 is 15.7 Å². The number of carbonyl (C=O) groups excluding carboxylic acids is 2. The number of fused-ring (bicyclic) bond motifs is 1. The molecule has 0 radical (unpaired) electrons. The molecule has 3 rings (SSSR count). The summed E-state index contributed by atoms with van der Waals surface area (Å²) in [4.78, 5) is 36.3. The van der Waals surface area contributed by atoms with Crippen molar-refractivity contribution in [1.82, 2.24) is 10.2 Å². The van der Waals surface area contributed by atoms with E-state index in [4.69, 9.17) is 5.11 Å². The van der Waals surface area contributed by atoms with E-state index in [0.717, 1.165) is 11.3 Å². The van der Waals surface area contributed by atoms with E-state index < -0.39 is 11.9 Å². The molecule has 0 aliphatic rings. The molecular weight excluding hydrogens is 356 g/mol. The number of H-pyrrole nitrogens is 1. The van der Waals surface area contributed by atoms with E-state index in [1.54, 1.807) is 38.1 Å². The largest absolute Gasteiger partial charge is 0.477 e. The van der Waals surface area contributed by atoms with Crippen LogP contribution in [0.2, 0.25) is 0 Å². The Hall–Kier alpha value is -3.20. The van der Waals surface area contributed by atoms with Crippen molar-refractivity contribution in [3.05, 3.63) is 40.8 Å². The van der Waals surface area contributed by atoms with Crippen molar-refractivity contribution >= 4 is 50.8 Å². The molecule has 1 aromatic carbocycles. The zero-order chi connectivity index (χ0) is 18.8. The number of aromatic carboxylic acids is 1. The predicted molar refractivity (Wildman–Crippen MR) is 98.8 cm³/mol. The number of aromatic nitrogens is 2. The third-order valence-corrected chi connectivity index (χ3v) is 4.68. The number of nitrogens with one attached hydrogen (secondary N) is 3. The first-order valence-corrected chi connectivity index (χ1v) is 8.61. The molecule has 0 atom stereocenters. The molecule has 0 saturated heterocycles. The minimum Gasteiger partial charge on any atom is -0.477 e. The van der Waals surface area contributed by atoms with Gasteiger partial charge in [0, 0.05) is 5.92 Å². The van der Waals surface area contributed by atoms with Crippen LogP contribution in [0.3, 0.4) is 0 Å². The Kier molecular flexibility index (Phi) is 4.72. The molecule has 4 N–H and O–H groups in total. The molecule has 0 aliphatic heterocycles. The Morgan fingerprint density at radius 3 is 2.62 bits per heavy atom. The normalized spacial score (nSPS) is 10.9.